The van der Waals surface area contributed by atoms with E-state index >= 15 is 4.39 Å². The Morgan fingerprint density at radius 2 is 1.59 bits per heavy atom. The fourth-order valence-corrected chi connectivity index (χ4v) is 6.81. The molecular formula is C26H39F. The molecule has 0 amide bonds. The summed E-state index contributed by atoms with van der Waals surface area (Å²) in [5.41, 5.74) is 3.46. The Morgan fingerprint density at radius 3 is 2.41 bits per heavy atom. The number of hydrogen-bond acceptors (Lipinski definition) is 0. The van der Waals surface area contributed by atoms with Crippen LogP contribution in [-0.4, -0.2) is 0 Å². The summed E-state index contributed by atoms with van der Waals surface area (Å²) in [6.07, 6.45) is 16.7. The van der Waals surface area contributed by atoms with Crippen molar-refractivity contribution < 1.29 is 4.39 Å². The first-order valence-electron chi connectivity index (χ1n) is 12.0. The number of benzene rings is 1. The molecule has 0 N–H and O–H groups in total. The van der Waals surface area contributed by atoms with Gasteiger partial charge in [0.1, 0.15) is 5.82 Å². The molecular weight excluding hydrogens is 331 g/mol. The summed E-state index contributed by atoms with van der Waals surface area (Å²) in [7, 11) is 0. The standard InChI is InChI=1S/C26H39F/c1-3-5-18-7-9-21-17-23(11-10-20(21)15-18)25-14-12-22-16-19(6-4-2)8-13-24(22)26(25)27/h12,14,18-21,23H,3-11,13,15-17H2,1-2H3. The summed E-state index contributed by atoms with van der Waals surface area (Å²) in [5, 5.41) is 0. The summed E-state index contributed by atoms with van der Waals surface area (Å²) >= 11 is 0. The molecule has 5 unspecified atom stereocenters. The molecule has 2 fully saturated rings. The van der Waals surface area contributed by atoms with Crippen LogP contribution in [0.25, 0.3) is 0 Å². The molecule has 150 valence electrons. The zero-order valence-electron chi connectivity index (χ0n) is 17.6. The molecule has 0 spiro atoms. The van der Waals surface area contributed by atoms with Crippen molar-refractivity contribution in [3.8, 4) is 0 Å². The first-order chi connectivity index (χ1) is 13.2. The normalized spacial score (nSPS) is 33.4. The maximum atomic E-state index is 15.4. The number of hydrogen-bond donors (Lipinski definition) is 0. The van der Waals surface area contributed by atoms with Crippen molar-refractivity contribution in [1.29, 1.82) is 0 Å². The van der Waals surface area contributed by atoms with Crippen molar-refractivity contribution in [3.63, 3.8) is 0 Å². The van der Waals surface area contributed by atoms with E-state index in [4.69, 9.17) is 0 Å². The third-order valence-electron chi connectivity index (χ3n) is 8.24. The summed E-state index contributed by atoms with van der Waals surface area (Å²) < 4.78 is 15.4. The first-order valence-corrected chi connectivity index (χ1v) is 12.0. The van der Waals surface area contributed by atoms with E-state index in [2.05, 4.69) is 26.0 Å². The van der Waals surface area contributed by atoms with Gasteiger partial charge in [-0.1, -0.05) is 58.1 Å². The Morgan fingerprint density at radius 1 is 0.852 bits per heavy atom. The highest BCUT2D eigenvalue weighted by Gasteiger charge is 2.37. The Balaban J connectivity index is 1.44. The zero-order chi connectivity index (χ0) is 18.8. The van der Waals surface area contributed by atoms with E-state index in [0.29, 0.717) is 5.92 Å². The number of rotatable bonds is 5. The summed E-state index contributed by atoms with van der Waals surface area (Å²) in [4.78, 5) is 0. The molecule has 0 aromatic heterocycles. The first kappa shape index (κ1) is 19.5. The zero-order valence-corrected chi connectivity index (χ0v) is 17.6. The molecule has 0 saturated heterocycles. The smallest absolute Gasteiger partial charge is 0.130 e. The lowest BCUT2D eigenvalue weighted by Crippen LogP contribution is -2.31. The molecule has 1 aromatic carbocycles. The highest BCUT2D eigenvalue weighted by molar-refractivity contribution is 5.38. The molecule has 0 bridgehead atoms. The summed E-state index contributed by atoms with van der Waals surface area (Å²) in [5.74, 6) is 4.22. The van der Waals surface area contributed by atoms with Crippen LogP contribution in [0.4, 0.5) is 4.39 Å². The van der Waals surface area contributed by atoms with Gasteiger partial charge in [-0.25, -0.2) is 4.39 Å². The topological polar surface area (TPSA) is 0 Å². The molecule has 1 heteroatoms. The average molecular weight is 371 g/mol. The van der Waals surface area contributed by atoms with Crippen LogP contribution in [0.15, 0.2) is 12.1 Å². The molecule has 0 heterocycles. The third-order valence-corrected chi connectivity index (χ3v) is 8.24. The minimum Gasteiger partial charge on any atom is -0.206 e. The predicted octanol–water partition coefficient (Wildman–Crippen LogP) is 7.83. The van der Waals surface area contributed by atoms with E-state index in [-0.39, 0.29) is 5.82 Å². The van der Waals surface area contributed by atoms with Crippen molar-refractivity contribution in [2.75, 3.05) is 0 Å². The Kier molecular flexibility index (Phi) is 6.25. The van der Waals surface area contributed by atoms with Gasteiger partial charge in [0.2, 0.25) is 0 Å². The molecule has 3 aliphatic carbocycles. The van der Waals surface area contributed by atoms with Gasteiger partial charge in [0.15, 0.2) is 0 Å². The van der Waals surface area contributed by atoms with Crippen LogP contribution in [0.1, 0.15) is 107 Å². The molecule has 27 heavy (non-hydrogen) atoms. The maximum Gasteiger partial charge on any atom is 0.130 e. The molecule has 0 radical (unpaired) electrons. The average Bonchev–Trinajstić information content (AvgIpc) is 2.68. The summed E-state index contributed by atoms with van der Waals surface area (Å²) in [6, 6.07) is 4.47. The van der Waals surface area contributed by atoms with Crippen molar-refractivity contribution in [3.05, 3.63) is 34.6 Å². The molecule has 1 aromatic rings. The van der Waals surface area contributed by atoms with Gasteiger partial charge in [-0.3, -0.25) is 0 Å². The van der Waals surface area contributed by atoms with Crippen LogP contribution in [0, 0.1) is 29.5 Å². The highest BCUT2D eigenvalue weighted by atomic mass is 19.1. The van der Waals surface area contributed by atoms with Gasteiger partial charge in [0.25, 0.3) is 0 Å². The lowest BCUT2D eigenvalue weighted by molar-refractivity contribution is 0.113. The quantitative estimate of drug-likeness (QED) is 0.495. The molecule has 0 aliphatic heterocycles. The Hall–Kier alpha value is -0.850. The van der Waals surface area contributed by atoms with Crippen LogP contribution < -0.4 is 0 Å². The molecule has 5 atom stereocenters. The van der Waals surface area contributed by atoms with Gasteiger partial charge in [-0.05, 0) is 97.6 Å². The van der Waals surface area contributed by atoms with Crippen molar-refractivity contribution in [2.45, 2.75) is 103 Å². The highest BCUT2D eigenvalue weighted by Crippen LogP contribution is 2.49. The van der Waals surface area contributed by atoms with Gasteiger partial charge in [0, 0.05) is 0 Å². The SMILES string of the molecule is CCCC1CCc2c(ccc(C3CCC4CC(CCC)CCC4C3)c2F)C1. The van der Waals surface area contributed by atoms with Crippen LogP contribution in [-0.2, 0) is 12.8 Å². The van der Waals surface area contributed by atoms with E-state index < -0.39 is 0 Å². The van der Waals surface area contributed by atoms with Gasteiger partial charge in [0.05, 0.1) is 0 Å². The third kappa shape index (κ3) is 4.13. The van der Waals surface area contributed by atoms with Gasteiger partial charge in [-0.2, -0.15) is 0 Å². The number of halogens is 1. The maximum absolute atomic E-state index is 15.4. The van der Waals surface area contributed by atoms with E-state index in [1.54, 1.807) is 0 Å². The molecule has 3 aliphatic rings. The lowest BCUT2D eigenvalue weighted by atomic mass is 9.63. The van der Waals surface area contributed by atoms with E-state index in [9.17, 15) is 0 Å². The fourth-order valence-electron chi connectivity index (χ4n) is 6.81. The van der Waals surface area contributed by atoms with Crippen molar-refractivity contribution in [1.82, 2.24) is 0 Å². The molecule has 4 rings (SSSR count). The minimum atomic E-state index is 0.186. The van der Waals surface area contributed by atoms with Gasteiger partial charge in [-0.15, -0.1) is 0 Å². The Bertz CT molecular complexity index is 633. The number of fused-ring (bicyclic) bond motifs is 2. The van der Waals surface area contributed by atoms with E-state index in [1.807, 2.05) is 0 Å². The lowest BCUT2D eigenvalue weighted by Gasteiger charge is -2.42. The molecule has 0 nitrogen and oxygen atoms in total. The second-order valence-electron chi connectivity index (χ2n) is 10.0. The molecule has 2 saturated carbocycles. The van der Waals surface area contributed by atoms with E-state index in [1.165, 1.54) is 76.2 Å². The predicted molar refractivity (Wildman–Crippen MR) is 113 cm³/mol. The van der Waals surface area contributed by atoms with Crippen molar-refractivity contribution in [2.24, 2.45) is 23.7 Å². The van der Waals surface area contributed by atoms with E-state index in [0.717, 1.165) is 47.6 Å². The van der Waals surface area contributed by atoms with Crippen LogP contribution in [0.2, 0.25) is 0 Å². The van der Waals surface area contributed by atoms with Gasteiger partial charge < -0.3 is 0 Å². The van der Waals surface area contributed by atoms with Crippen molar-refractivity contribution >= 4 is 0 Å². The van der Waals surface area contributed by atoms with Crippen LogP contribution in [0.5, 0.6) is 0 Å². The van der Waals surface area contributed by atoms with Crippen LogP contribution >= 0.6 is 0 Å². The largest absolute Gasteiger partial charge is 0.206 e. The van der Waals surface area contributed by atoms with Gasteiger partial charge >= 0.3 is 0 Å². The Labute approximate surface area is 166 Å². The fraction of sp³-hybridized carbons (Fsp3) is 0.769. The second-order valence-corrected chi connectivity index (χ2v) is 10.0. The second kappa shape index (κ2) is 8.66. The minimum absolute atomic E-state index is 0.186. The van der Waals surface area contributed by atoms with Crippen LogP contribution in [0.3, 0.4) is 0 Å². The monoisotopic (exact) mass is 370 g/mol. The summed E-state index contributed by atoms with van der Waals surface area (Å²) in [6.45, 7) is 4.59.